The molecule has 27 heavy (non-hydrogen) atoms. The van der Waals surface area contributed by atoms with Crippen LogP contribution >= 0.6 is 0 Å². The third kappa shape index (κ3) is 4.28. The van der Waals surface area contributed by atoms with E-state index in [-0.39, 0.29) is 5.82 Å². The lowest BCUT2D eigenvalue weighted by atomic mass is 10.2. The Hall–Kier alpha value is -3.29. The van der Waals surface area contributed by atoms with Gasteiger partial charge in [-0.3, -0.25) is 4.98 Å². The third-order valence-corrected chi connectivity index (χ3v) is 4.51. The predicted octanol–water partition coefficient (Wildman–Crippen LogP) is 2.34. The van der Waals surface area contributed by atoms with Crippen LogP contribution in [0.5, 0.6) is 0 Å². The molecule has 0 atom stereocenters. The van der Waals surface area contributed by atoms with E-state index < -0.39 is 0 Å². The van der Waals surface area contributed by atoms with Gasteiger partial charge in [-0.2, -0.15) is 10.1 Å². The number of rotatable bonds is 5. The number of aromatic nitrogens is 4. The second-order valence-electron chi connectivity index (χ2n) is 6.30. The summed E-state index contributed by atoms with van der Waals surface area (Å²) in [6, 6.07) is 10.5. The largest absolute Gasteiger partial charge is 0.368 e. The summed E-state index contributed by atoms with van der Waals surface area (Å²) in [4.78, 5) is 13.1. The maximum atomic E-state index is 13.1. The number of halogens is 1. The molecule has 0 saturated carbocycles. The summed E-state index contributed by atoms with van der Waals surface area (Å²) < 4.78 is 13.1. The number of benzene rings is 1. The minimum atomic E-state index is -0.212. The van der Waals surface area contributed by atoms with E-state index in [4.69, 9.17) is 0 Å². The number of pyridine rings is 1. The first-order chi connectivity index (χ1) is 13.3. The molecule has 0 radical (unpaired) electrons. The lowest BCUT2D eigenvalue weighted by Crippen LogP contribution is -2.47. The Bertz CT molecular complexity index is 865. The highest BCUT2D eigenvalue weighted by Gasteiger charge is 2.19. The number of anilines is 3. The van der Waals surface area contributed by atoms with Crippen molar-refractivity contribution < 1.29 is 4.39 Å². The van der Waals surface area contributed by atoms with Crippen LogP contribution in [-0.2, 0) is 6.54 Å². The van der Waals surface area contributed by atoms with Gasteiger partial charge < -0.3 is 15.1 Å². The molecule has 3 heterocycles. The molecule has 1 fully saturated rings. The van der Waals surface area contributed by atoms with Gasteiger partial charge in [0.2, 0.25) is 5.95 Å². The standard InChI is InChI=1S/C19H20FN7/c20-16-3-5-17(6-4-16)26-8-10-27(11-9-26)18-14-23-25-19(24-18)22-13-15-2-1-7-21-12-15/h1-7,12,14H,8-11,13H2,(H,22,24,25). The van der Waals surface area contributed by atoms with Crippen molar-refractivity contribution in [1.82, 2.24) is 20.2 Å². The van der Waals surface area contributed by atoms with E-state index in [0.29, 0.717) is 12.5 Å². The summed E-state index contributed by atoms with van der Waals surface area (Å²) in [5.41, 5.74) is 2.09. The Morgan fingerprint density at radius 1 is 0.963 bits per heavy atom. The van der Waals surface area contributed by atoms with Gasteiger partial charge >= 0.3 is 0 Å². The first kappa shape index (κ1) is 17.1. The molecule has 1 N–H and O–H groups in total. The molecule has 2 aromatic heterocycles. The molecular weight excluding hydrogens is 345 g/mol. The second-order valence-corrected chi connectivity index (χ2v) is 6.30. The molecule has 7 nitrogen and oxygen atoms in total. The topological polar surface area (TPSA) is 70.1 Å². The van der Waals surface area contributed by atoms with Crippen molar-refractivity contribution in [3.63, 3.8) is 0 Å². The fourth-order valence-electron chi connectivity index (χ4n) is 3.05. The second kappa shape index (κ2) is 7.94. The van der Waals surface area contributed by atoms with Gasteiger partial charge in [0.25, 0.3) is 0 Å². The summed E-state index contributed by atoms with van der Waals surface area (Å²) in [7, 11) is 0. The van der Waals surface area contributed by atoms with Gasteiger partial charge in [-0.1, -0.05) is 6.07 Å². The molecule has 138 valence electrons. The molecule has 1 aliphatic rings. The molecule has 1 saturated heterocycles. The Kier molecular flexibility index (Phi) is 5.04. The average molecular weight is 365 g/mol. The van der Waals surface area contributed by atoms with E-state index in [1.165, 1.54) is 12.1 Å². The summed E-state index contributed by atoms with van der Waals surface area (Å²) in [5.74, 6) is 1.09. The van der Waals surface area contributed by atoms with Crippen LogP contribution < -0.4 is 15.1 Å². The van der Waals surface area contributed by atoms with Crippen molar-refractivity contribution in [3.05, 3.63) is 66.4 Å². The van der Waals surface area contributed by atoms with Crippen molar-refractivity contribution in [2.75, 3.05) is 41.3 Å². The zero-order chi connectivity index (χ0) is 18.5. The smallest absolute Gasteiger partial charge is 0.244 e. The number of nitrogens with zero attached hydrogens (tertiary/aromatic N) is 6. The van der Waals surface area contributed by atoms with Gasteiger partial charge in [-0.25, -0.2) is 4.39 Å². The quantitative estimate of drug-likeness (QED) is 0.744. The highest BCUT2D eigenvalue weighted by molar-refractivity contribution is 5.49. The lowest BCUT2D eigenvalue weighted by Gasteiger charge is -2.36. The lowest BCUT2D eigenvalue weighted by molar-refractivity contribution is 0.624. The first-order valence-electron chi connectivity index (χ1n) is 8.86. The zero-order valence-electron chi connectivity index (χ0n) is 14.8. The van der Waals surface area contributed by atoms with Crippen LogP contribution in [-0.4, -0.2) is 46.3 Å². The van der Waals surface area contributed by atoms with Crippen LogP contribution in [0.2, 0.25) is 0 Å². The molecule has 0 unspecified atom stereocenters. The van der Waals surface area contributed by atoms with Crippen molar-refractivity contribution in [2.24, 2.45) is 0 Å². The summed E-state index contributed by atoms with van der Waals surface area (Å²) in [6.45, 7) is 3.91. The Morgan fingerprint density at radius 2 is 1.74 bits per heavy atom. The summed E-state index contributed by atoms with van der Waals surface area (Å²) >= 11 is 0. The Morgan fingerprint density at radius 3 is 2.48 bits per heavy atom. The van der Waals surface area contributed by atoms with E-state index in [1.54, 1.807) is 18.6 Å². The first-order valence-corrected chi connectivity index (χ1v) is 8.86. The zero-order valence-corrected chi connectivity index (χ0v) is 14.8. The van der Waals surface area contributed by atoms with Gasteiger partial charge in [0.15, 0.2) is 5.82 Å². The minimum absolute atomic E-state index is 0.212. The van der Waals surface area contributed by atoms with E-state index in [1.807, 2.05) is 24.3 Å². The van der Waals surface area contributed by atoms with E-state index in [9.17, 15) is 4.39 Å². The molecule has 3 aromatic rings. The predicted molar refractivity (Wildman–Crippen MR) is 102 cm³/mol. The summed E-state index contributed by atoms with van der Waals surface area (Å²) in [6.07, 6.45) is 5.23. The van der Waals surface area contributed by atoms with Crippen LogP contribution in [0.3, 0.4) is 0 Å². The monoisotopic (exact) mass is 365 g/mol. The number of piperazine rings is 1. The highest BCUT2D eigenvalue weighted by Crippen LogP contribution is 2.19. The van der Waals surface area contributed by atoms with E-state index >= 15 is 0 Å². The van der Waals surface area contributed by atoms with Crippen molar-refractivity contribution in [2.45, 2.75) is 6.54 Å². The number of hydrogen-bond donors (Lipinski definition) is 1. The van der Waals surface area contributed by atoms with E-state index in [2.05, 4.69) is 35.3 Å². The van der Waals surface area contributed by atoms with Gasteiger partial charge in [0.1, 0.15) is 5.82 Å². The molecule has 4 rings (SSSR count). The SMILES string of the molecule is Fc1ccc(N2CCN(c3cnnc(NCc4cccnc4)n3)CC2)cc1. The van der Waals surface area contributed by atoms with Gasteiger partial charge in [-0.15, -0.1) is 5.10 Å². The average Bonchev–Trinajstić information content (AvgIpc) is 2.74. The van der Waals surface area contributed by atoms with Crippen LogP contribution in [0.1, 0.15) is 5.56 Å². The third-order valence-electron chi connectivity index (χ3n) is 4.51. The maximum Gasteiger partial charge on any atom is 0.244 e. The van der Waals surface area contributed by atoms with Crippen LogP contribution in [0, 0.1) is 5.82 Å². The normalized spacial score (nSPS) is 14.3. The molecule has 1 aliphatic heterocycles. The van der Waals surface area contributed by atoms with Crippen LogP contribution in [0.25, 0.3) is 0 Å². The maximum absolute atomic E-state index is 13.1. The fraction of sp³-hybridized carbons (Fsp3) is 0.263. The Balaban J connectivity index is 1.36. The molecule has 0 aliphatic carbocycles. The number of hydrogen-bond acceptors (Lipinski definition) is 7. The van der Waals surface area contributed by atoms with Crippen LogP contribution in [0.15, 0.2) is 55.0 Å². The molecule has 0 spiro atoms. The molecule has 8 heteroatoms. The molecular formula is C19H20FN7. The van der Waals surface area contributed by atoms with E-state index in [0.717, 1.165) is 43.2 Å². The van der Waals surface area contributed by atoms with Crippen molar-refractivity contribution in [3.8, 4) is 0 Å². The van der Waals surface area contributed by atoms with Gasteiger partial charge in [0.05, 0.1) is 6.20 Å². The minimum Gasteiger partial charge on any atom is -0.368 e. The van der Waals surface area contributed by atoms with Gasteiger partial charge in [-0.05, 0) is 35.9 Å². The molecule has 1 aromatic carbocycles. The fourth-order valence-corrected chi connectivity index (χ4v) is 3.05. The Labute approximate surface area is 156 Å². The van der Waals surface area contributed by atoms with Crippen molar-refractivity contribution >= 4 is 17.5 Å². The number of nitrogens with one attached hydrogen (secondary N) is 1. The molecule has 0 amide bonds. The summed E-state index contributed by atoms with van der Waals surface area (Å²) in [5, 5.41) is 11.3. The highest BCUT2D eigenvalue weighted by atomic mass is 19.1. The van der Waals surface area contributed by atoms with Gasteiger partial charge in [0, 0.05) is 50.8 Å². The van der Waals surface area contributed by atoms with Crippen molar-refractivity contribution in [1.29, 1.82) is 0 Å². The molecule has 0 bridgehead atoms. The van der Waals surface area contributed by atoms with Crippen LogP contribution in [0.4, 0.5) is 21.8 Å².